The van der Waals surface area contributed by atoms with Gasteiger partial charge in [-0.05, 0) is 43.8 Å². The predicted molar refractivity (Wildman–Crippen MR) is 91.7 cm³/mol. The highest BCUT2D eigenvalue weighted by Gasteiger charge is 2.02. The lowest BCUT2D eigenvalue weighted by molar-refractivity contribution is 0.325. The largest absolute Gasteiger partial charge is 0.399 e. The van der Waals surface area contributed by atoms with Crippen molar-refractivity contribution in [1.29, 1.82) is 0 Å². The predicted octanol–water partition coefficient (Wildman–Crippen LogP) is 3.86. The van der Waals surface area contributed by atoms with Gasteiger partial charge in [-0.25, -0.2) is 0 Å². The third kappa shape index (κ3) is 5.29. The molecule has 0 atom stereocenters. The third-order valence-electron chi connectivity index (χ3n) is 3.32. The number of nitrogens with zero attached hydrogens (tertiary/aromatic N) is 1. The number of hydrogen-bond donors (Lipinski definition) is 2. The van der Waals surface area contributed by atoms with E-state index in [4.69, 9.17) is 17.3 Å². The molecule has 0 heterocycles. The molecular weight excluding hydrogens is 282 g/mol. The van der Waals surface area contributed by atoms with Gasteiger partial charge >= 0.3 is 0 Å². The average Bonchev–Trinajstić information content (AvgIpc) is 2.46. The van der Waals surface area contributed by atoms with Crippen LogP contribution in [-0.2, 0) is 6.54 Å². The Bertz CT molecular complexity index is 557. The molecule has 112 valence electrons. The molecule has 0 spiro atoms. The summed E-state index contributed by atoms with van der Waals surface area (Å²) < 4.78 is 0. The highest BCUT2D eigenvalue weighted by Crippen LogP contribution is 2.23. The Labute approximate surface area is 131 Å². The van der Waals surface area contributed by atoms with Crippen LogP contribution in [0.15, 0.2) is 48.5 Å². The standard InChI is InChI=1S/C17H22ClN3/c1-21(13-14-6-3-2-4-7-14)11-5-10-20-17-9-8-15(19)12-16(17)18/h2-4,6-9,12,20H,5,10-11,13,19H2,1H3. The van der Waals surface area contributed by atoms with Crippen LogP contribution in [0.5, 0.6) is 0 Å². The molecule has 0 bridgehead atoms. The molecule has 0 unspecified atom stereocenters. The first-order chi connectivity index (χ1) is 10.1. The third-order valence-corrected chi connectivity index (χ3v) is 3.63. The van der Waals surface area contributed by atoms with Crippen LogP contribution < -0.4 is 11.1 Å². The fourth-order valence-electron chi connectivity index (χ4n) is 2.22. The lowest BCUT2D eigenvalue weighted by Crippen LogP contribution is -2.21. The maximum atomic E-state index is 6.13. The van der Waals surface area contributed by atoms with E-state index in [0.29, 0.717) is 10.7 Å². The quantitative estimate of drug-likeness (QED) is 0.603. The van der Waals surface area contributed by atoms with Gasteiger partial charge in [-0.1, -0.05) is 41.9 Å². The summed E-state index contributed by atoms with van der Waals surface area (Å²) in [5.74, 6) is 0. The Morgan fingerprint density at radius 1 is 1.14 bits per heavy atom. The van der Waals surface area contributed by atoms with Gasteiger partial charge in [-0.15, -0.1) is 0 Å². The minimum Gasteiger partial charge on any atom is -0.399 e. The van der Waals surface area contributed by atoms with Gasteiger partial charge in [0.2, 0.25) is 0 Å². The van der Waals surface area contributed by atoms with Gasteiger partial charge in [-0.2, -0.15) is 0 Å². The van der Waals surface area contributed by atoms with Crippen LogP contribution >= 0.6 is 11.6 Å². The van der Waals surface area contributed by atoms with Crippen molar-refractivity contribution in [1.82, 2.24) is 4.90 Å². The number of benzene rings is 2. The average molecular weight is 304 g/mol. The topological polar surface area (TPSA) is 41.3 Å². The van der Waals surface area contributed by atoms with Crippen LogP contribution in [0.25, 0.3) is 0 Å². The second-order valence-corrected chi connectivity index (χ2v) is 5.65. The molecule has 0 saturated carbocycles. The van der Waals surface area contributed by atoms with Crippen molar-refractivity contribution in [2.24, 2.45) is 0 Å². The molecule has 0 aliphatic heterocycles. The first-order valence-corrected chi connectivity index (χ1v) is 7.54. The molecule has 2 aromatic rings. The maximum Gasteiger partial charge on any atom is 0.0657 e. The molecule has 3 N–H and O–H groups in total. The first-order valence-electron chi connectivity index (χ1n) is 7.16. The minimum absolute atomic E-state index is 0.674. The van der Waals surface area contributed by atoms with Gasteiger partial charge in [-0.3, -0.25) is 0 Å². The monoisotopic (exact) mass is 303 g/mol. The number of halogens is 1. The highest BCUT2D eigenvalue weighted by atomic mass is 35.5. The van der Waals surface area contributed by atoms with Crippen LogP contribution in [0.2, 0.25) is 5.02 Å². The van der Waals surface area contributed by atoms with Crippen molar-refractivity contribution in [3.63, 3.8) is 0 Å². The molecule has 0 amide bonds. The van der Waals surface area contributed by atoms with Crippen molar-refractivity contribution in [2.45, 2.75) is 13.0 Å². The SMILES string of the molecule is CN(CCCNc1ccc(N)cc1Cl)Cc1ccccc1. The van der Waals surface area contributed by atoms with Crippen molar-refractivity contribution in [3.05, 3.63) is 59.1 Å². The zero-order valence-corrected chi connectivity index (χ0v) is 13.1. The maximum absolute atomic E-state index is 6.13. The summed E-state index contributed by atoms with van der Waals surface area (Å²) in [4.78, 5) is 2.32. The lowest BCUT2D eigenvalue weighted by Gasteiger charge is -2.17. The number of rotatable bonds is 7. The lowest BCUT2D eigenvalue weighted by atomic mass is 10.2. The smallest absolute Gasteiger partial charge is 0.0657 e. The summed E-state index contributed by atoms with van der Waals surface area (Å²) in [5.41, 5.74) is 8.65. The summed E-state index contributed by atoms with van der Waals surface area (Å²) in [7, 11) is 2.14. The molecule has 4 heteroatoms. The van der Waals surface area contributed by atoms with Gasteiger partial charge in [0.05, 0.1) is 10.7 Å². The molecule has 2 aromatic carbocycles. The van der Waals surface area contributed by atoms with Crippen LogP contribution in [0, 0.1) is 0 Å². The summed E-state index contributed by atoms with van der Waals surface area (Å²) in [5, 5.41) is 4.02. The molecular formula is C17H22ClN3. The summed E-state index contributed by atoms with van der Waals surface area (Å²) in [6.45, 7) is 2.90. The van der Waals surface area contributed by atoms with E-state index in [1.165, 1.54) is 5.56 Å². The Kier molecular flexibility index (Phi) is 5.90. The van der Waals surface area contributed by atoms with E-state index >= 15 is 0 Å². The fraction of sp³-hybridized carbons (Fsp3) is 0.294. The Morgan fingerprint density at radius 3 is 2.62 bits per heavy atom. The van der Waals surface area contributed by atoms with Crippen molar-refractivity contribution in [3.8, 4) is 0 Å². The van der Waals surface area contributed by atoms with E-state index in [1.807, 2.05) is 18.2 Å². The zero-order chi connectivity index (χ0) is 15.1. The molecule has 3 nitrogen and oxygen atoms in total. The second-order valence-electron chi connectivity index (χ2n) is 5.24. The Morgan fingerprint density at radius 2 is 1.90 bits per heavy atom. The van der Waals surface area contributed by atoms with Crippen molar-refractivity contribution in [2.75, 3.05) is 31.2 Å². The van der Waals surface area contributed by atoms with Gasteiger partial charge in [0.25, 0.3) is 0 Å². The van der Waals surface area contributed by atoms with Crippen molar-refractivity contribution >= 4 is 23.0 Å². The molecule has 0 radical (unpaired) electrons. The van der Waals surface area contributed by atoms with E-state index in [2.05, 4.69) is 41.5 Å². The van der Waals surface area contributed by atoms with Crippen LogP contribution in [0.4, 0.5) is 11.4 Å². The summed E-state index contributed by atoms with van der Waals surface area (Å²) in [6.07, 6.45) is 1.06. The number of nitrogens with two attached hydrogens (primary N) is 1. The van der Waals surface area contributed by atoms with E-state index in [9.17, 15) is 0 Å². The van der Waals surface area contributed by atoms with Crippen LogP contribution in [-0.4, -0.2) is 25.0 Å². The molecule has 21 heavy (non-hydrogen) atoms. The number of nitrogens with one attached hydrogen (secondary N) is 1. The second kappa shape index (κ2) is 7.91. The van der Waals surface area contributed by atoms with E-state index in [-0.39, 0.29) is 0 Å². The normalized spacial score (nSPS) is 10.8. The van der Waals surface area contributed by atoms with Gasteiger partial charge in [0, 0.05) is 18.8 Å². The van der Waals surface area contributed by atoms with Crippen LogP contribution in [0.3, 0.4) is 0 Å². The van der Waals surface area contributed by atoms with Crippen molar-refractivity contribution < 1.29 is 0 Å². The molecule has 0 fully saturated rings. The number of nitrogen functional groups attached to an aromatic ring is 1. The molecule has 2 rings (SSSR count). The van der Waals surface area contributed by atoms with Gasteiger partial charge in [0.1, 0.15) is 0 Å². The molecule has 0 aliphatic carbocycles. The Balaban J connectivity index is 1.69. The molecule has 0 aromatic heterocycles. The number of anilines is 2. The molecule has 0 aliphatic rings. The van der Waals surface area contributed by atoms with Gasteiger partial charge in [0.15, 0.2) is 0 Å². The minimum atomic E-state index is 0.674. The van der Waals surface area contributed by atoms with Crippen LogP contribution in [0.1, 0.15) is 12.0 Å². The van der Waals surface area contributed by atoms with E-state index in [1.54, 1.807) is 6.07 Å². The molecule has 0 saturated heterocycles. The highest BCUT2D eigenvalue weighted by molar-refractivity contribution is 6.33. The zero-order valence-electron chi connectivity index (χ0n) is 12.3. The fourth-order valence-corrected chi connectivity index (χ4v) is 2.48. The Hall–Kier alpha value is -1.71. The van der Waals surface area contributed by atoms with E-state index < -0.39 is 0 Å². The van der Waals surface area contributed by atoms with E-state index in [0.717, 1.165) is 31.7 Å². The number of hydrogen-bond acceptors (Lipinski definition) is 3. The summed E-state index contributed by atoms with van der Waals surface area (Å²) in [6, 6.07) is 16.1. The summed E-state index contributed by atoms with van der Waals surface area (Å²) >= 11 is 6.13. The first kappa shape index (κ1) is 15.7. The van der Waals surface area contributed by atoms with Gasteiger partial charge < -0.3 is 16.0 Å².